The first-order valence-electron chi connectivity index (χ1n) is 9.44. The number of rotatable bonds is 7. The van der Waals surface area contributed by atoms with E-state index in [1.807, 2.05) is 0 Å². The highest BCUT2D eigenvalue weighted by Gasteiger charge is 2.21. The highest BCUT2D eigenvalue weighted by molar-refractivity contribution is 6.08. The number of ether oxygens (including phenoxy) is 1. The van der Waals surface area contributed by atoms with Crippen molar-refractivity contribution < 1.29 is 24.2 Å². The molecule has 3 aromatic rings. The summed E-state index contributed by atoms with van der Waals surface area (Å²) in [5.41, 5.74) is 12.0. The Kier molecular flexibility index (Phi) is 6.81. The van der Waals surface area contributed by atoms with Gasteiger partial charge in [-0.15, -0.1) is 0 Å². The van der Waals surface area contributed by atoms with Crippen LogP contribution in [0.15, 0.2) is 83.9 Å². The second kappa shape index (κ2) is 9.90. The maximum Gasteiger partial charge on any atom is 0.343 e. The molecule has 0 unspecified atom stereocenters. The number of hydrogen-bond donors (Lipinski definition) is 3. The van der Waals surface area contributed by atoms with E-state index >= 15 is 0 Å². The van der Waals surface area contributed by atoms with Gasteiger partial charge in [0.1, 0.15) is 12.3 Å². The van der Waals surface area contributed by atoms with E-state index in [0.717, 1.165) is 4.90 Å². The van der Waals surface area contributed by atoms with Gasteiger partial charge in [0.05, 0.1) is 11.3 Å². The van der Waals surface area contributed by atoms with Crippen LogP contribution in [-0.4, -0.2) is 35.5 Å². The van der Waals surface area contributed by atoms with Crippen LogP contribution in [0.1, 0.15) is 20.7 Å². The molecular weight excluding hydrogens is 412 g/mol. The number of hydrogen-bond acceptors (Lipinski definition) is 5. The number of carbonyl (C=O) groups excluding carboxylic acids is 2. The summed E-state index contributed by atoms with van der Waals surface area (Å²) in [5.74, 6) is -2.06. The third kappa shape index (κ3) is 5.70. The monoisotopic (exact) mass is 432 g/mol. The van der Waals surface area contributed by atoms with Crippen molar-refractivity contribution in [1.29, 1.82) is 0 Å². The lowest BCUT2D eigenvalue weighted by atomic mass is 10.1. The Morgan fingerprint density at radius 2 is 1.44 bits per heavy atom. The van der Waals surface area contributed by atoms with E-state index in [2.05, 4.69) is 4.99 Å². The topological polar surface area (TPSA) is 148 Å². The fourth-order valence-electron chi connectivity index (χ4n) is 2.83. The van der Waals surface area contributed by atoms with Crippen molar-refractivity contribution in [3.05, 3.63) is 90.0 Å². The smallest absolute Gasteiger partial charge is 0.343 e. The molecule has 0 saturated heterocycles. The Hall–Kier alpha value is -4.66. The van der Waals surface area contributed by atoms with Gasteiger partial charge in [0.15, 0.2) is 5.96 Å². The highest BCUT2D eigenvalue weighted by Crippen LogP contribution is 2.20. The number of aliphatic imine (C=N–C) groups is 1. The first-order chi connectivity index (χ1) is 15.3. The van der Waals surface area contributed by atoms with Crippen molar-refractivity contribution in [2.45, 2.75) is 0 Å². The maximum absolute atomic E-state index is 12.9. The van der Waals surface area contributed by atoms with E-state index in [1.54, 1.807) is 54.6 Å². The number of anilines is 1. The number of carboxylic acid groups (broad SMARTS) is 1. The molecule has 3 rings (SSSR count). The van der Waals surface area contributed by atoms with E-state index < -0.39 is 24.4 Å². The Morgan fingerprint density at radius 1 is 0.844 bits per heavy atom. The molecule has 0 aromatic heterocycles. The van der Waals surface area contributed by atoms with Crippen LogP contribution in [0.3, 0.4) is 0 Å². The first kappa shape index (κ1) is 22.0. The molecule has 0 aliphatic heterocycles. The van der Waals surface area contributed by atoms with E-state index in [9.17, 15) is 19.5 Å². The van der Waals surface area contributed by atoms with E-state index in [1.165, 1.54) is 24.3 Å². The molecule has 0 aliphatic carbocycles. The second-order valence-corrected chi connectivity index (χ2v) is 6.62. The predicted molar refractivity (Wildman–Crippen MR) is 119 cm³/mol. The van der Waals surface area contributed by atoms with Crippen molar-refractivity contribution in [3.8, 4) is 5.75 Å². The van der Waals surface area contributed by atoms with Gasteiger partial charge in [-0.2, -0.15) is 0 Å². The van der Waals surface area contributed by atoms with Crippen molar-refractivity contribution in [2.75, 3.05) is 11.4 Å². The number of nitrogens with two attached hydrogens (primary N) is 2. The molecule has 0 aliphatic rings. The number of esters is 1. The van der Waals surface area contributed by atoms with E-state index in [4.69, 9.17) is 16.2 Å². The third-order valence-corrected chi connectivity index (χ3v) is 4.28. The van der Waals surface area contributed by atoms with Crippen LogP contribution in [0, 0.1) is 0 Å². The van der Waals surface area contributed by atoms with Crippen molar-refractivity contribution in [3.63, 3.8) is 0 Å². The SMILES string of the molecule is NC(N)=Nc1ccc(OC(=O)c2ccc(C(=O)N(CC(=O)O)c3ccccc3)cc2)cc1. The molecule has 0 atom stereocenters. The average molecular weight is 432 g/mol. The van der Waals surface area contributed by atoms with Gasteiger partial charge in [-0.1, -0.05) is 18.2 Å². The van der Waals surface area contributed by atoms with Crippen LogP contribution in [-0.2, 0) is 4.79 Å². The first-order valence-corrected chi connectivity index (χ1v) is 9.44. The summed E-state index contributed by atoms with van der Waals surface area (Å²) in [4.78, 5) is 41.5. The Bertz CT molecular complexity index is 1140. The lowest BCUT2D eigenvalue weighted by Crippen LogP contribution is -2.35. The van der Waals surface area contributed by atoms with Crippen LogP contribution in [0.4, 0.5) is 11.4 Å². The van der Waals surface area contributed by atoms with Crippen LogP contribution in [0.2, 0.25) is 0 Å². The minimum absolute atomic E-state index is 0.0847. The van der Waals surface area contributed by atoms with Gasteiger partial charge in [0.25, 0.3) is 5.91 Å². The predicted octanol–water partition coefficient (Wildman–Crippen LogP) is 2.54. The van der Waals surface area contributed by atoms with Crippen LogP contribution in [0.5, 0.6) is 5.75 Å². The fraction of sp³-hybridized carbons (Fsp3) is 0.0435. The van der Waals surface area contributed by atoms with Gasteiger partial charge in [-0.3, -0.25) is 14.5 Å². The maximum atomic E-state index is 12.9. The zero-order valence-electron chi connectivity index (χ0n) is 16.8. The Morgan fingerprint density at radius 3 is 2.00 bits per heavy atom. The largest absolute Gasteiger partial charge is 0.480 e. The number of nitrogens with zero attached hydrogens (tertiary/aromatic N) is 2. The van der Waals surface area contributed by atoms with Crippen molar-refractivity contribution in [2.24, 2.45) is 16.5 Å². The number of aliphatic carboxylic acids is 1. The average Bonchev–Trinajstić information content (AvgIpc) is 2.78. The number of carbonyl (C=O) groups is 3. The molecular formula is C23H20N4O5. The van der Waals surface area contributed by atoms with Crippen LogP contribution in [0.25, 0.3) is 0 Å². The van der Waals surface area contributed by atoms with Crippen molar-refractivity contribution >= 4 is 35.2 Å². The van der Waals surface area contributed by atoms with E-state index in [-0.39, 0.29) is 17.1 Å². The molecule has 9 heteroatoms. The van der Waals surface area contributed by atoms with E-state index in [0.29, 0.717) is 17.1 Å². The summed E-state index contributed by atoms with van der Waals surface area (Å²) < 4.78 is 5.31. The molecule has 3 aromatic carbocycles. The molecule has 162 valence electrons. The Labute approximate surface area is 183 Å². The minimum atomic E-state index is -1.15. The third-order valence-electron chi connectivity index (χ3n) is 4.28. The Balaban J connectivity index is 1.73. The zero-order chi connectivity index (χ0) is 23.1. The lowest BCUT2D eigenvalue weighted by molar-refractivity contribution is -0.135. The number of carboxylic acids is 1. The van der Waals surface area contributed by atoms with Gasteiger partial charge in [-0.25, -0.2) is 9.79 Å². The molecule has 5 N–H and O–H groups in total. The van der Waals surface area contributed by atoms with Gasteiger partial charge in [-0.05, 0) is 60.7 Å². The summed E-state index contributed by atoms with van der Waals surface area (Å²) in [7, 11) is 0. The standard InChI is InChI=1S/C23H20N4O5/c24-23(25)26-17-10-12-19(13-11-17)32-22(31)16-8-6-15(7-9-16)21(30)27(14-20(28)29)18-4-2-1-3-5-18/h1-13H,14H2,(H,28,29)(H4,24,25,26). The molecule has 32 heavy (non-hydrogen) atoms. The quantitative estimate of drug-likeness (QED) is 0.225. The van der Waals surface area contributed by atoms with Crippen molar-refractivity contribution in [1.82, 2.24) is 0 Å². The fourth-order valence-corrected chi connectivity index (χ4v) is 2.83. The number of para-hydroxylation sites is 1. The molecule has 0 bridgehead atoms. The summed E-state index contributed by atoms with van der Waals surface area (Å²) in [6.07, 6.45) is 0. The zero-order valence-corrected chi connectivity index (χ0v) is 16.8. The minimum Gasteiger partial charge on any atom is -0.480 e. The number of amides is 1. The van der Waals surface area contributed by atoms with Gasteiger partial charge in [0, 0.05) is 11.3 Å². The van der Waals surface area contributed by atoms with Crippen LogP contribution >= 0.6 is 0 Å². The molecule has 0 spiro atoms. The highest BCUT2D eigenvalue weighted by atomic mass is 16.5. The molecule has 0 heterocycles. The molecule has 1 amide bonds. The van der Waals surface area contributed by atoms with Gasteiger partial charge >= 0.3 is 11.9 Å². The summed E-state index contributed by atoms with van der Waals surface area (Å²) in [6, 6.07) is 20.5. The van der Waals surface area contributed by atoms with Gasteiger partial charge < -0.3 is 21.3 Å². The molecule has 9 nitrogen and oxygen atoms in total. The van der Waals surface area contributed by atoms with Crippen LogP contribution < -0.4 is 21.1 Å². The number of guanidine groups is 1. The second-order valence-electron chi connectivity index (χ2n) is 6.62. The molecule has 0 radical (unpaired) electrons. The summed E-state index contributed by atoms with van der Waals surface area (Å²) >= 11 is 0. The summed E-state index contributed by atoms with van der Waals surface area (Å²) in [5, 5.41) is 9.18. The normalized spacial score (nSPS) is 10.1. The molecule has 0 saturated carbocycles. The molecule has 0 fully saturated rings. The lowest BCUT2D eigenvalue weighted by Gasteiger charge is -2.21. The summed E-state index contributed by atoms with van der Waals surface area (Å²) in [6.45, 7) is -0.498. The number of benzene rings is 3. The van der Waals surface area contributed by atoms with Gasteiger partial charge in [0.2, 0.25) is 0 Å².